The monoisotopic (exact) mass is 484 g/mol. The van der Waals surface area contributed by atoms with E-state index in [1.54, 1.807) is 36.5 Å². The maximum absolute atomic E-state index is 15.0. The molecule has 34 heavy (non-hydrogen) atoms. The molecule has 1 heterocycles. The Morgan fingerprint density at radius 1 is 1.26 bits per heavy atom. The quantitative estimate of drug-likeness (QED) is 0.419. The van der Waals surface area contributed by atoms with Crippen LogP contribution >= 0.6 is 11.6 Å². The van der Waals surface area contributed by atoms with E-state index >= 15 is 0 Å². The average molecular weight is 485 g/mol. The van der Waals surface area contributed by atoms with Gasteiger partial charge in [0.1, 0.15) is 17.3 Å². The molecule has 4 rings (SSSR count). The zero-order chi connectivity index (χ0) is 24.2. The lowest BCUT2D eigenvalue weighted by atomic mass is 9.85. The van der Waals surface area contributed by atoms with Crippen LogP contribution in [0, 0.1) is 5.82 Å². The van der Waals surface area contributed by atoms with Gasteiger partial charge in [-0.25, -0.2) is 14.4 Å². The van der Waals surface area contributed by atoms with Crippen molar-refractivity contribution >= 4 is 23.3 Å². The second kappa shape index (κ2) is 10.5. The normalized spacial score (nSPS) is 18.9. The van der Waals surface area contributed by atoms with E-state index < -0.39 is 17.8 Å². The fourth-order valence-corrected chi connectivity index (χ4v) is 4.49. The van der Waals surface area contributed by atoms with Crippen LogP contribution in [-0.2, 0) is 0 Å². The molecule has 5 N–H and O–H groups in total. The van der Waals surface area contributed by atoms with Crippen molar-refractivity contribution in [3.05, 3.63) is 76.3 Å². The van der Waals surface area contributed by atoms with Crippen LogP contribution in [0.5, 0.6) is 0 Å². The predicted molar refractivity (Wildman–Crippen MR) is 128 cm³/mol. The van der Waals surface area contributed by atoms with E-state index in [9.17, 15) is 19.4 Å². The molecule has 0 spiro atoms. The summed E-state index contributed by atoms with van der Waals surface area (Å²) in [6.07, 6.45) is 4.40. The highest BCUT2D eigenvalue weighted by Gasteiger charge is 2.24. The predicted octanol–water partition coefficient (Wildman–Crippen LogP) is 4.00. The number of carbonyl (C=O) groups excluding carboxylic acids is 1. The molecule has 0 aliphatic heterocycles. The molecule has 0 saturated heterocycles. The number of aromatic nitrogens is 2. The SMILES string of the molecule is Nc1ncc(C2CCCC(O)C2)nc1-c1ccc(C(=O)N[C@H](CO)c2cccc(Cl)c2)c(F)c1. The van der Waals surface area contributed by atoms with Crippen molar-refractivity contribution in [3.63, 3.8) is 0 Å². The zero-order valence-corrected chi connectivity index (χ0v) is 19.2. The molecule has 1 aliphatic carbocycles. The number of rotatable bonds is 6. The van der Waals surface area contributed by atoms with Crippen molar-refractivity contribution in [2.45, 2.75) is 43.7 Å². The van der Waals surface area contributed by atoms with Gasteiger partial charge in [-0.2, -0.15) is 0 Å². The molecule has 1 saturated carbocycles. The molecule has 0 radical (unpaired) electrons. The molecule has 3 aromatic rings. The summed E-state index contributed by atoms with van der Waals surface area (Å²) in [6, 6.07) is 10.1. The van der Waals surface area contributed by atoms with Crippen LogP contribution < -0.4 is 11.1 Å². The van der Waals surface area contributed by atoms with Gasteiger partial charge in [-0.1, -0.05) is 36.2 Å². The molecule has 2 unspecified atom stereocenters. The molecule has 1 aromatic heterocycles. The van der Waals surface area contributed by atoms with Crippen molar-refractivity contribution in [1.29, 1.82) is 0 Å². The van der Waals surface area contributed by atoms with Crippen LogP contribution in [0.25, 0.3) is 11.3 Å². The molecule has 7 nitrogen and oxygen atoms in total. The summed E-state index contributed by atoms with van der Waals surface area (Å²) >= 11 is 5.99. The Kier molecular flexibility index (Phi) is 7.41. The second-order valence-electron chi connectivity index (χ2n) is 8.50. The molecule has 3 atom stereocenters. The van der Waals surface area contributed by atoms with Crippen LogP contribution in [0.1, 0.15) is 59.3 Å². The summed E-state index contributed by atoms with van der Waals surface area (Å²) in [7, 11) is 0. The van der Waals surface area contributed by atoms with Crippen molar-refractivity contribution in [2.75, 3.05) is 12.3 Å². The van der Waals surface area contributed by atoms with Crippen LogP contribution in [0.4, 0.5) is 10.2 Å². The first-order valence-corrected chi connectivity index (χ1v) is 11.5. The summed E-state index contributed by atoms with van der Waals surface area (Å²) < 4.78 is 15.0. The third kappa shape index (κ3) is 5.35. The summed E-state index contributed by atoms with van der Waals surface area (Å²) in [5, 5.41) is 22.8. The molecule has 178 valence electrons. The van der Waals surface area contributed by atoms with Crippen LogP contribution in [-0.4, -0.2) is 38.8 Å². The zero-order valence-electron chi connectivity index (χ0n) is 18.4. The van der Waals surface area contributed by atoms with E-state index in [4.69, 9.17) is 17.3 Å². The average Bonchev–Trinajstić information content (AvgIpc) is 2.82. The van der Waals surface area contributed by atoms with Gasteiger partial charge in [0.2, 0.25) is 0 Å². The number of aliphatic hydroxyl groups excluding tert-OH is 2. The van der Waals surface area contributed by atoms with Gasteiger partial charge in [-0.05, 0) is 49.1 Å². The van der Waals surface area contributed by atoms with Gasteiger partial charge in [-0.3, -0.25) is 4.79 Å². The number of nitrogen functional groups attached to an aromatic ring is 1. The molecule has 9 heteroatoms. The van der Waals surface area contributed by atoms with E-state index in [-0.39, 0.29) is 30.0 Å². The fourth-order valence-electron chi connectivity index (χ4n) is 4.29. The minimum atomic E-state index is -0.752. The Hall–Kier alpha value is -3.07. The van der Waals surface area contributed by atoms with E-state index in [1.165, 1.54) is 12.1 Å². The standard InChI is InChI=1S/C25H26ClFN4O3/c26-17-5-1-3-14(9-17)22(13-32)31-25(34)19-8-7-16(11-20(19)27)23-24(28)29-12-21(30-23)15-4-2-6-18(33)10-15/h1,3,5,7-9,11-12,15,18,22,32-33H,2,4,6,10,13H2,(H2,28,29)(H,31,34)/t15?,18?,22-/m1/s1. The second-order valence-corrected chi connectivity index (χ2v) is 8.94. The number of nitrogens with zero attached hydrogens (tertiary/aromatic N) is 2. The largest absolute Gasteiger partial charge is 0.394 e. The fraction of sp³-hybridized carbons (Fsp3) is 0.320. The number of aliphatic hydroxyl groups is 2. The highest BCUT2D eigenvalue weighted by Crippen LogP contribution is 2.34. The first kappa shape index (κ1) is 24.1. The van der Waals surface area contributed by atoms with E-state index in [0.717, 1.165) is 19.3 Å². The maximum Gasteiger partial charge on any atom is 0.254 e. The number of benzene rings is 2. The van der Waals surface area contributed by atoms with Crippen molar-refractivity contribution < 1.29 is 19.4 Å². The van der Waals surface area contributed by atoms with Crippen molar-refractivity contribution in [2.24, 2.45) is 0 Å². The lowest BCUT2D eigenvalue weighted by Crippen LogP contribution is -2.31. The van der Waals surface area contributed by atoms with Crippen LogP contribution in [0.3, 0.4) is 0 Å². The molecule has 1 amide bonds. The first-order valence-electron chi connectivity index (χ1n) is 11.1. The third-order valence-corrected chi connectivity index (χ3v) is 6.35. The van der Waals surface area contributed by atoms with Crippen molar-refractivity contribution in [3.8, 4) is 11.3 Å². The summed E-state index contributed by atoms with van der Waals surface area (Å²) in [4.78, 5) is 21.6. The third-order valence-electron chi connectivity index (χ3n) is 6.11. The smallest absolute Gasteiger partial charge is 0.254 e. The lowest BCUT2D eigenvalue weighted by molar-refractivity contribution is 0.0912. The van der Waals surface area contributed by atoms with Gasteiger partial charge in [0.25, 0.3) is 5.91 Å². The highest BCUT2D eigenvalue weighted by molar-refractivity contribution is 6.30. The molecule has 2 aromatic carbocycles. The number of amides is 1. The number of anilines is 1. The van der Waals surface area contributed by atoms with E-state index in [1.807, 2.05) is 0 Å². The van der Waals surface area contributed by atoms with Gasteiger partial charge in [0.05, 0.1) is 36.2 Å². The molecular weight excluding hydrogens is 459 g/mol. The Morgan fingerprint density at radius 3 is 2.79 bits per heavy atom. The minimum Gasteiger partial charge on any atom is -0.394 e. The van der Waals surface area contributed by atoms with Gasteiger partial charge < -0.3 is 21.3 Å². The molecule has 1 aliphatic rings. The van der Waals surface area contributed by atoms with Crippen LogP contribution in [0.2, 0.25) is 5.02 Å². The van der Waals surface area contributed by atoms with Gasteiger partial charge in [0.15, 0.2) is 0 Å². The van der Waals surface area contributed by atoms with Crippen LogP contribution in [0.15, 0.2) is 48.7 Å². The number of hydrogen-bond acceptors (Lipinski definition) is 6. The Morgan fingerprint density at radius 2 is 2.09 bits per heavy atom. The minimum absolute atomic E-state index is 0.0624. The summed E-state index contributed by atoms with van der Waals surface area (Å²) in [5.41, 5.74) is 7.88. The lowest BCUT2D eigenvalue weighted by Gasteiger charge is -2.25. The summed E-state index contributed by atoms with van der Waals surface area (Å²) in [5.74, 6) is -1.21. The van der Waals surface area contributed by atoms with E-state index in [2.05, 4.69) is 15.3 Å². The molecule has 0 bridgehead atoms. The van der Waals surface area contributed by atoms with Gasteiger partial charge in [-0.15, -0.1) is 0 Å². The van der Waals surface area contributed by atoms with Gasteiger partial charge in [0, 0.05) is 16.5 Å². The number of carbonyl (C=O) groups is 1. The first-order chi connectivity index (χ1) is 16.4. The Balaban J connectivity index is 1.56. The maximum atomic E-state index is 15.0. The summed E-state index contributed by atoms with van der Waals surface area (Å²) in [6.45, 7) is -0.374. The highest BCUT2D eigenvalue weighted by atomic mass is 35.5. The number of nitrogens with two attached hydrogens (primary N) is 1. The van der Waals surface area contributed by atoms with Gasteiger partial charge >= 0.3 is 0 Å². The number of halogens is 2. The number of nitrogens with one attached hydrogen (secondary N) is 1. The Bertz CT molecular complexity index is 1190. The van der Waals surface area contributed by atoms with E-state index in [0.29, 0.717) is 34.0 Å². The Labute approximate surface area is 201 Å². The molecular formula is C25H26ClFN4O3. The molecule has 1 fully saturated rings. The topological polar surface area (TPSA) is 121 Å². The number of hydrogen-bond donors (Lipinski definition) is 4. The van der Waals surface area contributed by atoms with Crippen molar-refractivity contribution in [1.82, 2.24) is 15.3 Å².